The van der Waals surface area contributed by atoms with Crippen LogP contribution in [0.15, 0.2) is 53.1 Å². The first kappa shape index (κ1) is 16.7. The van der Waals surface area contributed by atoms with Crippen molar-refractivity contribution in [2.45, 2.75) is 19.9 Å². The third kappa shape index (κ3) is 3.85. The number of amides is 1. The number of hydrogen-bond acceptors (Lipinski definition) is 5. The lowest BCUT2D eigenvalue weighted by molar-refractivity contribution is 0.0932. The highest BCUT2D eigenvalue weighted by atomic mass is 16.5. The maximum atomic E-state index is 12.3. The Morgan fingerprint density at radius 3 is 2.44 bits per heavy atom. The van der Waals surface area contributed by atoms with E-state index in [1.807, 2.05) is 31.2 Å². The molecule has 0 spiro atoms. The number of benzene rings is 2. The van der Waals surface area contributed by atoms with Crippen LogP contribution in [0.1, 0.15) is 34.8 Å². The Kier molecular flexibility index (Phi) is 4.79. The molecule has 0 saturated carbocycles. The molecule has 0 aliphatic heterocycles. The summed E-state index contributed by atoms with van der Waals surface area (Å²) in [5.74, 6) is 1.34. The topological polar surface area (TPSA) is 77.2 Å². The van der Waals surface area contributed by atoms with Crippen molar-refractivity contribution < 1.29 is 14.1 Å². The van der Waals surface area contributed by atoms with Crippen molar-refractivity contribution in [2.75, 3.05) is 7.11 Å². The van der Waals surface area contributed by atoms with Gasteiger partial charge in [-0.2, -0.15) is 4.98 Å². The van der Waals surface area contributed by atoms with E-state index < -0.39 is 6.04 Å². The Hall–Kier alpha value is -3.15. The third-order valence-electron chi connectivity index (χ3n) is 3.82. The number of ether oxygens (including phenoxy) is 1. The van der Waals surface area contributed by atoms with Crippen molar-refractivity contribution >= 4 is 5.91 Å². The Labute approximate surface area is 145 Å². The van der Waals surface area contributed by atoms with E-state index in [4.69, 9.17) is 9.26 Å². The van der Waals surface area contributed by atoms with Gasteiger partial charge in [-0.05, 0) is 38.1 Å². The van der Waals surface area contributed by atoms with E-state index in [0.29, 0.717) is 23.0 Å². The van der Waals surface area contributed by atoms with Crippen LogP contribution >= 0.6 is 0 Å². The average molecular weight is 337 g/mol. The van der Waals surface area contributed by atoms with Crippen LogP contribution in [0.2, 0.25) is 0 Å². The molecule has 2 aromatic carbocycles. The van der Waals surface area contributed by atoms with Crippen molar-refractivity contribution in [1.29, 1.82) is 0 Å². The average Bonchev–Trinajstić information content (AvgIpc) is 3.12. The van der Waals surface area contributed by atoms with Crippen molar-refractivity contribution in [1.82, 2.24) is 15.5 Å². The van der Waals surface area contributed by atoms with Crippen LogP contribution in [-0.4, -0.2) is 23.2 Å². The van der Waals surface area contributed by atoms with Crippen molar-refractivity contribution in [3.05, 3.63) is 65.5 Å². The molecule has 3 rings (SSSR count). The number of carbonyl (C=O) groups excluding carboxylic acids is 1. The molecule has 6 heteroatoms. The van der Waals surface area contributed by atoms with Gasteiger partial charge in [-0.1, -0.05) is 35.0 Å². The van der Waals surface area contributed by atoms with Gasteiger partial charge in [0.25, 0.3) is 5.91 Å². The SMILES string of the molecule is COc1ccc(C(=O)N[C@H](C)c2nc(-c3ccc(C)cc3)no2)cc1. The fourth-order valence-electron chi connectivity index (χ4n) is 2.32. The second-order valence-corrected chi connectivity index (χ2v) is 5.75. The van der Waals surface area contributed by atoms with Gasteiger partial charge in [-0.15, -0.1) is 0 Å². The Morgan fingerprint density at radius 2 is 1.80 bits per heavy atom. The van der Waals surface area contributed by atoms with Crippen LogP contribution < -0.4 is 10.1 Å². The zero-order valence-corrected chi connectivity index (χ0v) is 14.3. The minimum atomic E-state index is -0.402. The van der Waals surface area contributed by atoms with E-state index in [1.54, 1.807) is 38.3 Å². The molecule has 6 nitrogen and oxygen atoms in total. The second kappa shape index (κ2) is 7.17. The van der Waals surface area contributed by atoms with E-state index in [2.05, 4.69) is 15.5 Å². The molecule has 128 valence electrons. The van der Waals surface area contributed by atoms with Crippen LogP contribution in [0.5, 0.6) is 5.75 Å². The van der Waals surface area contributed by atoms with Gasteiger partial charge in [0.05, 0.1) is 7.11 Å². The second-order valence-electron chi connectivity index (χ2n) is 5.75. The standard InChI is InChI=1S/C19H19N3O3/c1-12-4-6-14(7-5-12)17-21-19(25-22-17)13(2)20-18(23)15-8-10-16(24-3)11-9-15/h4-11,13H,1-3H3,(H,20,23)/t13-/m1/s1. The molecule has 0 radical (unpaired) electrons. The molecule has 25 heavy (non-hydrogen) atoms. The maximum absolute atomic E-state index is 12.3. The Balaban J connectivity index is 1.69. The molecule has 3 aromatic rings. The van der Waals surface area contributed by atoms with E-state index in [9.17, 15) is 4.79 Å². The van der Waals surface area contributed by atoms with Crippen molar-refractivity contribution in [2.24, 2.45) is 0 Å². The molecular weight excluding hydrogens is 318 g/mol. The molecule has 1 atom stereocenters. The minimum Gasteiger partial charge on any atom is -0.497 e. The summed E-state index contributed by atoms with van der Waals surface area (Å²) < 4.78 is 10.4. The summed E-state index contributed by atoms with van der Waals surface area (Å²) in [5, 5.41) is 6.83. The lowest BCUT2D eigenvalue weighted by Gasteiger charge is -2.10. The first-order valence-electron chi connectivity index (χ1n) is 7.92. The largest absolute Gasteiger partial charge is 0.497 e. The number of carbonyl (C=O) groups is 1. The molecule has 0 fully saturated rings. The lowest BCUT2D eigenvalue weighted by atomic mass is 10.1. The van der Waals surface area contributed by atoms with Crippen LogP contribution in [0.3, 0.4) is 0 Å². The summed E-state index contributed by atoms with van der Waals surface area (Å²) in [5.41, 5.74) is 2.56. The van der Waals surface area contributed by atoms with E-state index in [0.717, 1.165) is 11.1 Å². The molecule has 0 aliphatic carbocycles. The molecule has 1 N–H and O–H groups in total. The van der Waals surface area contributed by atoms with Crippen LogP contribution in [0.25, 0.3) is 11.4 Å². The van der Waals surface area contributed by atoms with Crippen LogP contribution in [0, 0.1) is 6.92 Å². The number of rotatable bonds is 5. The quantitative estimate of drug-likeness (QED) is 0.770. The number of aryl methyl sites for hydroxylation is 1. The lowest BCUT2D eigenvalue weighted by Crippen LogP contribution is -2.26. The molecule has 0 unspecified atom stereocenters. The minimum absolute atomic E-state index is 0.217. The Bertz CT molecular complexity index is 854. The van der Waals surface area contributed by atoms with E-state index in [1.165, 1.54) is 0 Å². The summed E-state index contributed by atoms with van der Waals surface area (Å²) in [6.07, 6.45) is 0. The van der Waals surface area contributed by atoms with Gasteiger partial charge in [-0.25, -0.2) is 0 Å². The third-order valence-corrected chi connectivity index (χ3v) is 3.82. The maximum Gasteiger partial charge on any atom is 0.251 e. The molecule has 1 amide bonds. The molecule has 0 aliphatic rings. The summed E-state index contributed by atoms with van der Waals surface area (Å²) in [6.45, 7) is 3.82. The fraction of sp³-hybridized carbons (Fsp3) is 0.211. The van der Waals surface area contributed by atoms with Crippen LogP contribution in [-0.2, 0) is 0 Å². The van der Waals surface area contributed by atoms with Crippen molar-refractivity contribution in [3.8, 4) is 17.1 Å². The predicted octanol–water partition coefficient (Wildman–Crippen LogP) is 3.54. The van der Waals surface area contributed by atoms with Gasteiger partial charge in [0.1, 0.15) is 11.8 Å². The summed E-state index contributed by atoms with van der Waals surface area (Å²) >= 11 is 0. The molecule has 0 saturated heterocycles. The molecule has 1 aromatic heterocycles. The summed E-state index contributed by atoms with van der Waals surface area (Å²) in [4.78, 5) is 16.7. The zero-order chi connectivity index (χ0) is 17.8. The number of hydrogen-bond donors (Lipinski definition) is 1. The van der Waals surface area contributed by atoms with Crippen molar-refractivity contribution in [3.63, 3.8) is 0 Å². The first-order chi connectivity index (χ1) is 12.1. The highest BCUT2D eigenvalue weighted by Gasteiger charge is 2.18. The molecule has 0 bridgehead atoms. The van der Waals surface area contributed by atoms with Gasteiger partial charge in [0, 0.05) is 11.1 Å². The first-order valence-corrected chi connectivity index (χ1v) is 7.92. The number of nitrogens with zero attached hydrogens (tertiary/aromatic N) is 2. The van der Waals surface area contributed by atoms with Gasteiger partial charge in [-0.3, -0.25) is 4.79 Å². The van der Waals surface area contributed by atoms with E-state index in [-0.39, 0.29) is 5.91 Å². The zero-order valence-electron chi connectivity index (χ0n) is 14.3. The highest BCUT2D eigenvalue weighted by molar-refractivity contribution is 5.94. The highest BCUT2D eigenvalue weighted by Crippen LogP contribution is 2.19. The normalized spacial score (nSPS) is 11.8. The summed E-state index contributed by atoms with van der Waals surface area (Å²) in [6, 6.07) is 14.3. The summed E-state index contributed by atoms with van der Waals surface area (Å²) in [7, 11) is 1.58. The van der Waals surface area contributed by atoms with Gasteiger partial charge < -0.3 is 14.6 Å². The Morgan fingerprint density at radius 1 is 1.12 bits per heavy atom. The molecule has 1 heterocycles. The van der Waals surface area contributed by atoms with E-state index >= 15 is 0 Å². The number of nitrogens with one attached hydrogen (secondary N) is 1. The fourth-order valence-corrected chi connectivity index (χ4v) is 2.32. The van der Waals surface area contributed by atoms with Gasteiger partial charge in [0.2, 0.25) is 11.7 Å². The van der Waals surface area contributed by atoms with Gasteiger partial charge >= 0.3 is 0 Å². The van der Waals surface area contributed by atoms with Crippen LogP contribution in [0.4, 0.5) is 0 Å². The monoisotopic (exact) mass is 337 g/mol. The predicted molar refractivity (Wildman–Crippen MR) is 93.3 cm³/mol. The smallest absolute Gasteiger partial charge is 0.251 e. The molecular formula is C19H19N3O3. The number of methoxy groups -OCH3 is 1. The van der Waals surface area contributed by atoms with Gasteiger partial charge in [0.15, 0.2) is 0 Å². The number of aromatic nitrogens is 2.